The zero-order chi connectivity index (χ0) is 83.2. The van der Waals surface area contributed by atoms with Crippen molar-refractivity contribution in [2.24, 2.45) is 0 Å². The van der Waals surface area contributed by atoms with Crippen LogP contribution < -0.4 is 19.6 Å². The van der Waals surface area contributed by atoms with Crippen LogP contribution in [0.25, 0.3) is 175 Å². The van der Waals surface area contributed by atoms with Gasteiger partial charge in [-0.2, -0.15) is 0 Å². The Morgan fingerprint density at radius 1 is 0.151 bits per heavy atom. The van der Waals surface area contributed by atoms with Gasteiger partial charge in [0.1, 0.15) is 44.7 Å². The van der Waals surface area contributed by atoms with Gasteiger partial charge in [-0.1, -0.05) is 255 Å². The molecule has 8 heteroatoms. The Morgan fingerprint density at radius 2 is 0.381 bits per heavy atom. The van der Waals surface area contributed by atoms with E-state index in [1.807, 2.05) is 48.5 Å². The molecule has 0 saturated heterocycles. The van der Waals surface area contributed by atoms with Gasteiger partial charge in [0.2, 0.25) is 0 Å². The summed E-state index contributed by atoms with van der Waals surface area (Å²) in [6, 6.07) is 153. The third-order valence-electron chi connectivity index (χ3n) is 25.7. The summed E-state index contributed by atoms with van der Waals surface area (Å²) in [5, 5.41) is 23.3. The number of hydrogen-bond acceptors (Lipinski definition) is 8. The smallest absolute Gasteiger partial charge is 0.135 e. The minimum atomic E-state index is 0.872. The first-order valence-electron chi connectivity index (χ1n) is 43.0. The topological polar surface area (TPSA) is 65.5 Å². The Bertz CT molecular complexity index is 8270. The lowest BCUT2D eigenvalue weighted by Gasteiger charge is -2.29. The minimum absolute atomic E-state index is 0.872. The first-order valence-corrected chi connectivity index (χ1v) is 43.0. The number of fused-ring (bicyclic) bond motifs is 12. The third kappa shape index (κ3) is 11.9. The van der Waals surface area contributed by atoms with E-state index >= 15 is 0 Å². The molecular weight excluding hydrogens is 1540 g/mol. The summed E-state index contributed by atoms with van der Waals surface area (Å²) in [5.74, 6) is 0. The molecular formula is C118H76N4O4. The Labute approximate surface area is 725 Å². The highest BCUT2D eigenvalue weighted by Crippen LogP contribution is 2.53. The van der Waals surface area contributed by atoms with Crippen molar-refractivity contribution in [3.8, 4) is 22.3 Å². The van der Waals surface area contributed by atoms with E-state index in [1.54, 1.807) is 0 Å². The van der Waals surface area contributed by atoms with Crippen molar-refractivity contribution in [3.63, 3.8) is 0 Å². The number of para-hydroxylation sites is 4. The Morgan fingerprint density at radius 3 is 0.667 bits per heavy atom. The van der Waals surface area contributed by atoms with E-state index in [2.05, 4.69) is 410 Å². The van der Waals surface area contributed by atoms with Gasteiger partial charge >= 0.3 is 0 Å². The van der Waals surface area contributed by atoms with Crippen molar-refractivity contribution in [1.82, 2.24) is 0 Å². The normalized spacial score (nSPS) is 11.9. The largest absolute Gasteiger partial charge is 0.456 e. The first kappa shape index (κ1) is 72.2. The molecule has 0 aliphatic rings. The summed E-state index contributed by atoms with van der Waals surface area (Å²) >= 11 is 0. The van der Waals surface area contributed by atoms with Crippen LogP contribution in [0.1, 0.15) is 11.1 Å². The molecule has 0 spiro atoms. The minimum Gasteiger partial charge on any atom is -0.456 e. The van der Waals surface area contributed by atoms with Crippen LogP contribution in [0.5, 0.6) is 0 Å². The molecule has 0 fully saturated rings. The third-order valence-corrected chi connectivity index (χ3v) is 25.7. The van der Waals surface area contributed by atoms with Gasteiger partial charge in [-0.3, -0.25) is 0 Å². The molecule has 22 aromatic carbocycles. The number of hydrogen-bond donors (Lipinski definition) is 0. The van der Waals surface area contributed by atoms with Gasteiger partial charge < -0.3 is 37.3 Å². The molecule has 4 aromatic heterocycles. The number of benzene rings is 22. The molecule has 26 aromatic rings. The standard InChI is InChI=1S/C64H40N2O2.C54H36N2O2/c1-3-11-41(12-4-1)43-19-27-47(28-20-43)65(49-31-37-61-55(39-49)51-15-7-9-17-59(51)67-61)57-35-25-45-24-34-54-58(36-26-46-23-33-53(57)63(45)64(46)54)66(48-29-21-44(22-30-48)42-13-5-2-6-14-42)50-32-38-62-56(40-50)52-16-8-10-18-60(52)68-62;1-33-9-7-11-37(29-33)55(39-21-27-51-45(31-39)41-13-3-5-15-49(41)57-51)47-25-19-35-18-24-44-48(26-20-36-17-23-43(47)53(35)54(36)44)56(38-12-8-10-34(2)30-38)40-22-28-52-46(32-40)42-14-4-6-16-50(42)58-52/h1-40H;3-32H,1-2H3. The number of nitrogens with zero attached hydrogens (tertiary/aromatic N) is 4. The Kier molecular flexibility index (Phi) is 16.6. The van der Waals surface area contributed by atoms with Crippen LogP contribution in [0.2, 0.25) is 0 Å². The average molecular weight is 1610 g/mol. The van der Waals surface area contributed by atoms with Crippen LogP contribution in [0, 0.1) is 13.8 Å². The predicted molar refractivity (Wildman–Crippen MR) is 528 cm³/mol. The molecule has 126 heavy (non-hydrogen) atoms. The maximum absolute atomic E-state index is 6.34. The van der Waals surface area contributed by atoms with Gasteiger partial charge in [-0.05, 0) is 260 Å². The highest BCUT2D eigenvalue weighted by molar-refractivity contribution is 6.30. The molecule has 0 bridgehead atoms. The second-order valence-corrected chi connectivity index (χ2v) is 33.1. The van der Waals surface area contributed by atoms with Crippen LogP contribution in [0.4, 0.5) is 68.2 Å². The molecule has 0 unspecified atom stereocenters. The fraction of sp³-hybridized carbons (Fsp3) is 0.0169. The van der Waals surface area contributed by atoms with E-state index in [0.29, 0.717) is 0 Å². The van der Waals surface area contributed by atoms with Crippen molar-refractivity contribution < 1.29 is 17.7 Å². The number of furan rings is 4. The van der Waals surface area contributed by atoms with E-state index in [-0.39, 0.29) is 0 Å². The van der Waals surface area contributed by atoms with E-state index < -0.39 is 0 Å². The van der Waals surface area contributed by atoms with Gasteiger partial charge in [0.05, 0.1) is 22.7 Å². The number of anilines is 12. The quantitative estimate of drug-likeness (QED) is 0.0998. The maximum Gasteiger partial charge on any atom is 0.135 e. The Balaban J connectivity index is 0.000000139. The van der Waals surface area contributed by atoms with Gasteiger partial charge in [0.15, 0.2) is 0 Å². The van der Waals surface area contributed by atoms with Crippen molar-refractivity contribution >= 4 is 221 Å². The van der Waals surface area contributed by atoms with Crippen molar-refractivity contribution in [1.29, 1.82) is 0 Å². The molecule has 0 saturated carbocycles. The van der Waals surface area contributed by atoms with Crippen molar-refractivity contribution in [3.05, 3.63) is 436 Å². The highest BCUT2D eigenvalue weighted by atomic mass is 16.3. The molecule has 0 radical (unpaired) electrons. The molecule has 8 nitrogen and oxygen atoms in total. The summed E-state index contributed by atoms with van der Waals surface area (Å²) in [6.07, 6.45) is 0. The number of aryl methyl sites for hydroxylation is 2. The molecule has 0 aliphatic carbocycles. The van der Waals surface area contributed by atoms with E-state index in [4.69, 9.17) is 17.7 Å². The fourth-order valence-electron chi connectivity index (χ4n) is 19.8. The van der Waals surface area contributed by atoms with Crippen molar-refractivity contribution in [2.75, 3.05) is 19.6 Å². The molecule has 0 atom stereocenters. The zero-order valence-electron chi connectivity index (χ0n) is 68.8. The maximum atomic E-state index is 6.34. The van der Waals surface area contributed by atoms with E-state index in [9.17, 15) is 0 Å². The molecule has 0 N–H and O–H groups in total. The van der Waals surface area contributed by atoms with Gasteiger partial charge in [-0.15, -0.1) is 0 Å². The molecule has 0 aliphatic heterocycles. The highest BCUT2D eigenvalue weighted by Gasteiger charge is 2.28. The van der Waals surface area contributed by atoms with Crippen LogP contribution in [-0.4, -0.2) is 0 Å². The molecule has 592 valence electrons. The lowest BCUT2D eigenvalue weighted by Crippen LogP contribution is -2.11. The second kappa shape index (κ2) is 29.0. The van der Waals surface area contributed by atoms with Crippen LogP contribution in [-0.2, 0) is 0 Å². The first-order chi connectivity index (χ1) is 62.2. The molecule has 0 amide bonds. The zero-order valence-corrected chi connectivity index (χ0v) is 68.8. The van der Waals surface area contributed by atoms with Crippen molar-refractivity contribution in [2.45, 2.75) is 13.8 Å². The number of rotatable bonds is 14. The predicted octanol–water partition coefficient (Wildman–Crippen LogP) is 34.6. The second-order valence-electron chi connectivity index (χ2n) is 33.1. The SMILES string of the molecule is Cc1cccc(N(c2ccc3oc4ccccc4c3c2)c2ccc3ccc4c(N(c5cccc(C)c5)c5ccc6oc7ccccc7c6c5)ccc5ccc2c3c54)c1.c1ccc(-c2ccc(N(c3ccc4oc5ccccc5c4c3)c3ccc4ccc5c(N(c6ccc(-c7ccccc7)cc6)c6ccc7oc8ccccc8c7c6)ccc6ccc3c4c65)cc2)cc1. The van der Waals surface area contributed by atoms with Crippen LogP contribution >= 0.6 is 0 Å². The summed E-state index contributed by atoms with van der Waals surface area (Å²) in [4.78, 5) is 9.64. The van der Waals surface area contributed by atoms with E-state index in [1.165, 1.54) is 98.0 Å². The lowest BCUT2D eigenvalue weighted by atomic mass is 9.91. The van der Waals surface area contributed by atoms with Crippen LogP contribution in [0.15, 0.2) is 442 Å². The van der Waals surface area contributed by atoms with Gasteiger partial charge in [-0.25, -0.2) is 0 Å². The lowest BCUT2D eigenvalue weighted by molar-refractivity contribution is 0.668. The Hall–Kier alpha value is -16.7. The summed E-state index contributed by atoms with van der Waals surface area (Å²) in [7, 11) is 0. The summed E-state index contributed by atoms with van der Waals surface area (Å²) in [5.41, 5.74) is 27.3. The monoisotopic (exact) mass is 1610 g/mol. The van der Waals surface area contributed by atoms with Crippen LogP contribution in [0.3, 0.4) is 0 Å². The molecule has 26 rings (SSSR count). The average Bonchev–Trinajstić information content (AvgIpc) is 0.888. The summed E-state index contributed by atoms with van der Waals surface area (Å²) in [6.45, 7) is 4.32. The van der Waals surface area contributed by atoms with Gasteiger partial charge in [0.25, 0.3) is 0 Å². The fourth-order valence-corrected chi connectivity index (χ4v) is 19.8. The summed E-state index contributed by atoms with van der Waals surface area (Å²) < 4.78 is 25.2. The van der Waals surface area contributed by atoms with Gasteiger partial charge in [0, 0.05) is 110 Å². The van der Waals surface area contributed by atoms with E-state index in [0.717, 1.165) is 156 Å². The molecule has 4 heterocycles.